The van der Waals surface area contributed by atoms with E-state index in [1.165, 1.54) is 0 Å². The van der Waals surface area contributed by atoms with E-state index in [4.69, 9.17) is 4.42 Å². The lowest BCUT2D eigenvalue weighted by Crippen LogP contribution is -1.80. The predicted molar refractivity (Wildman–Crippen MR) is 78.2 cm³/mol. The molecule has 0 unspecified atom stereocenters. The Morgan fingerprint density at radius 2 is 1.80 bits per heavy atom. The molecule has 0 N–H and O–H groups in total. The molecule has 3 aromatic rings. The highest BCUT2D eigenvalue weighted by Crippen LogP contribution is 2.23. The van der Waals surface area contributed by atoms with Gasteiger partial charge in [0.25, 0.3) is 0 Å². The van der Waals surface area contributed by atoms with E-state index in [1.807, 2.05) is 49.5 Å². The fourth-order valence-electron chi connectivity index (χ4n) is 1.81. The minimum atomic E-state index is 0.666. The van der Waals surface area contributed by atoms with E-state index >= 15 is 0 Å². The van der Waals surface area contributed by atoms with Crippen molar-refractivity contribution in [3.63, 3.8) is 0 Å². The van der Waals surface area contributed by atoms with E-state index in [-0.39, 0.29) is 0 Å². The van der Waals surface area contributed by atoms with Gasteiger partial charge >= 0.3 is 0 Å². The zero-order valence-electron chi connectivity index (χ0n) is 11.0. The monoisotopic (exact) mass is 263 g/mol. The standard InChI is InChI=1S/C16H13N3O/c1-12-18-11-16(20-12)14-2-4-15(5-3-14)19-10-13-6-8-17-9-7-13/h2-11H,1H3. The largest absolute Gasteiger partial charge is 0.441 e. The molecule has 1 aromatic carbocycles. The molecule has 0 aliphatic heterocycles. The van der Waals surface area contributed by atoms with Crippen molar-refractivity contribution in [2.75, 3.05) is 0 Å². The number of pyridine rings is 1. The van der Waals surface area contributed by atoms with Gasteiger partial charge in [-0.1, -0.05) is 0 Å². The number of oxazole rings is 1. The number of nitrogens with zero attached hydrogens (tertiary/aromatic N) is 3. The summed E-state index contributed by atoms with van der Waals surface area (Å²) in [5.41, 5.74) is 2.91. The van der Waals surface area contributed by atoms with Crippen LogP contribution in [-0.4, -0.2) is 16.2 Å². The van der Waals surface area contributed by atoms with Crippen molar-refractivity contribution in [1.82, 2.24) is 9.97 Å². The first-order valence-corrected chi connectivity index (χ1v) is 6.28. The molecule has 0 saturated heterocycles. The molecular weight excluding hydrogens is 250 g/mol. The molecule has 0 saturated carbocycles. The molecule has 2 aromatic heterocycles. The summed E-state index contributed by atoms with van der Waals surface area (Å²) in [5.74, 6) is 1.44. The van der Waals surface area contributed by atoms with Crippen molar-refractivity contribution in [3.8, 4) is 11.3 Å². The van der Waals surface area contributed by atoms with E-state index in [2.05, 4.69) is 15.0 Å². The molecule has 0 fully saturated rings. The normalized spacial score (nSPS) is 11.1. The molecule has 0 bridgehead atoms. The van der Waals surface area contributed by atoms with Crippen LogP contribution in [0.4, 0.5) is 5.69 Å². The fraction of sp³-hybridized carbons (Fsp3) is 0.0625. The molecule has 0 atom stereocenters. The predicted octanol–water partition coefficient (Wildman–Crippen LogP) is 3.80. The van der Waals surface area contributed by atoms with Crippen LogP contribution in [0.25, 0.3) is 11.3 Å². The lowest BCUT2D eigenvalue weighted by molar-refractivity contribution is 0.534. The number of aromatic nitrogens is 2. The second kappa shape index (κ2) is 5.48. The van der Waals surface area contributed by atoms with Crippen LogP contribution in [0, 0.1) is 6.92 Å². The molecule has 0 radical (unpaired) electrons. The molecule has 20 heavy (non-hydrogen) atoms. The van der Waals surface area contributed by atoms with Crippen LogP contribution in [0.3, 0.4) is 0 Å². The lowest BCUT2D eigenvalue weighted by Gasteiger charge is -1.97. The van der Waals surface area contributed by atoms with E-state index in [9.17, 15) is 0 Å². The van der Waals surface area contributed by atoms with Crippen LogP contribution in [0.15, 0.2) is 64.4 Å². The maximum Gasteiger partial charge on any atom is 0.191 e. The van der Waals surface area contributed by atoms with Gasteiger partial charge in [0, 0.05) is 31.1 Å². The van der Waals surface area contributed by atoms with Gasteiger partial charge < -0.3 is 4.42 Å². The Balaban J connectivity index is 1.78. The molecule has 4 heteroatoms. The van der Waals surface area contributed by atoms with Crippen LogP contribution < -0.4 is 0 Å². The Bertz CT molecular complexity index is 715. The van der Waals surface area contributed by atoms with Gasteiger partial charge in [-0.2, -0.15) is 0 Å². The van der Waals surface area contributed by atoms with Crippen molar-refractivity contribution in [2.45, 2.75) is 6.92 Å². The lowest BCUT2D eigenvalue weighted by atomic mass is 10.2. The van der Waals surface area contributed by atoms with Gasteiger partial charge in [0.15, 0.2) is 11.7 Å². The van der Waals surface area contributed by atoms with E-state index in [0.29, 0.717) is 5.89 Å². The molecule has 0 amide bonds. The molecule has 3 rings (SSSR count). The Morgan fingerprint density at radius 1 is 1.05 bits per heavy atom. The van der Waals surface area contributed by atoms with Crippen LogP contribution in [-0.2, 0) is 0 Å². The molecule has 0 aliphatic carbocycles. The Morgan fingerprint density at radius 3 is 2.45 bits per heavy atom. The minimum Gasteiger partial charge on any atom is -0.441 e. The summed E-state index contributed by atoms with van der Waals surface area (Å²) in [7, 11) is 0. The average molecular weight is 263 g/mol. The summed E-state index contributed by atoms with van der Waals surface area (Å²) in [6.45, 7) is 1.83. The van der Waals surface area contributed by atoms with E-state index in [0.717, 1.165) is 22.6 Å². The quantitative estimate of drug-likeness (QED) is 0.675. The number of hydrogen-bond acceptors (Lipinski definition) is 4. The second-order valence-electron chi connectivity index (χ2n) is 4.33. The zero-order chi connectivity index (χ0) is 13.8. The van der Waals surface area contributed by atoms with Gasteiger partial charge in [-0.05, 0) is 42.0 Å². The summed E-state index contributed by atoms with van der Waals surface area (Å²) in [5, 5.41) is 0. The summed E-state index contributed by atoms with van der Waals surface area (Å²) in [6.07, 6.45) is 7.03. The first-order valence-electron chi connectivity index (χ1n) is 6.28. The van der Waals surface area contributed by atoms with Gasteiger partial charge in [0.05, 0.1) is 11.9 Å². The third-order valence-corrected chi connectivity index (χ3v) is 2.84. The van der Waals surface area contributed by atoms with Crippen LogP contribution in [0.1, 0.15) is 11.5 Å². The topological polar surface area (TPSA) is 51.3 Å². The number of benzene rings is 1. The Labute approximate surface area is 116 Å². The van der Waals surface area contributed by atoms with Crippen molar-refractivity contribution in [2.24, 2.45) is 4.99 Å². The van der Waals surface area contributed by atoms with Crippen molar-refractivity contribution in [1.29, 1.82) is 0 Å². The van der Waals surface area contributed by atoms with Crippen LogP contribution >= 0.6 is 0 Å². The number of aryl methyl sites for hydroxylation is 1. The highest BCUT2D eigenvalue weighted by atomic mass is 16.4. The molecule has 98 valence electrons. The average Bonchev–Trinajstić information content (AvgIpc) is 2.93. The smallest absolute Gasteiger partial charge is 0.191 e. The highest BCUT2D eigenvalue weighted by Gasteiger charge is 2.02. The van der Waals surface area contributed by atoms with Crippen molar-refractivity contribution in [3.05, 3.63) is 66.4 Å². The zero-order valence-corrected chi connectivity index (χ0v) is 11.0. The Kier molecular flexibility index (Phi) is 3.37. The van der Waals surface area contributed by atoms with Gasteiger partial charge in [0.2, 0.25) is 0 Å². The van der Waals surface area contributed by atoms with Gasteiger partial charge in [-0.25, -0.2) is 4.98 Å². The van der Waals surface area contributed by atoms with Gasteiger partial charge in [-0.15, -0.1) is 0 Å². The van der Waals surface area contributed by atoms with Crippen molar-refractivity contribution >= 4 is 11.9 Å². The number of hydrogen-bond donors (Lipinski definition) is 0. The van der Waals surface area contributed by atoms with E-state index in [1.54, 1.807) is 18.6 Å². The second-order valence-corrected chi connectivity index (χ2v) is 4.33. The van der Waals surface area contributed by atoms with Crippen LogP contribution in [0.2, 0.25) is 0 Å². The third kappa shape index (κ3) is 2.80. The minimum absolute atomic E-state index is 0.666. The third-order valence-electron chi connectivity index (χ3n) is 2.84. The summed E-state index contributed by atoms with van der Waals surface area (Å²) in [4.78, 5) is 12.5. The fourth-order valence-corrected chi connectivity index (χ4v) is 1.81. The number of aliphatic imine (C=N–C) groups is 1. The molecule has 0 spiro atoms. The Hall–Kier alpha value is -2.75. The maximum absolute atomic E-state index is 5.48. The first kappa shape index (κ1) is 12.3. The SMILES string of the molecule is Cc1ncc(-c2ccc(N=Cc3ccncc3)cc2)o1. The summed E-state index contributed by atoms with van der Waals surface area (Å²) >= 11 is 0. The number of rotatable bonds is 3. The van der Waals surface area contributed by atoms with Crippen LogP contribution in [0.5, 0.6) is 0 Å². The highest BCUT2D eigenvalue weighted by molar-refractivity contribution is 5.81. The van der Waals surface area contributed by atoms with Gasteiger partial charge in [0.1, 0.15) is 0 Å². The van der Waals surface area contributed by atoms with Crippen molar-refractivity contribution < 1.29 is 4.42 Å². The molecule has 0 aliphatic rings. The first-order chi connectivity index (χ1) is 9.81. The summed E-state index contributed by atoms with van der Waals surface area (Å²) in [6, 6.07) is 11.7. The summed E-state index contributed by atoms with van der Waals surface area (Å²) < 4.78 is 5.48. The molecule has 4 nitrogen and oxygen atoms in total. The van der Waals surface area contributed by atoms with E-state index < -0.39 is 0 Å². The maximum atomic E-state index is 5.48. The molecular formula is C16H13N3O. The van der Waals surface area contributed by atoms with Gasteiger partial charge in [-0.3, -0.25) is 9.98 Å². The molecule has 2 heterocycles.